The van der Waals surface area contributed by atoms with E-state index in [1.54, 1.807) is 39.8 Å². The van der Waals surface area contributed by atoms with Crippen LogP contribution < -0.4 is 15.4 Å². The molecule has 3 N–H and O–H groups in total. The second kappa shape index (κ2) is 10.3. The topological polar surface area (TPSA) is 104 Å². The monoisotopic (exact) mass is 467 g/mol. The maximum absolute atomic E-state index is 12.9. The molecule has 0 bridgehead atoms. The van der Waals surface area contributed by atoms with Crippen LogP contribution in [0.15, 0.2) is 53.4 Å². The molecule has 7 nitrogen and oxygen atoms in total. The summed E-state index contributed by atoms with van der Waals surface area (Å²) in [6.45, 7) is 6.86. The fourth-order valence-electron chi connectivity index (χ4n) is 2.45. The van der Waals surface area contributed by atoms with Gasteiger partial charge in [0.05, 0.1) is 15.9 Å². The SMILES string of the molecule is CC(SCC(=O)Nc1ccc(F)cc1)C(=O)Nc1cccc(S(=O)(=O)NC(C)(C)C)c1. The Morgan fingerprint density at radius 1 is 1.03 bits per heavy atom. The molecule has 1 unspecified atom stereocenters. The Hall–Kier alpha value is -2.43. The predicted octanol–water partition coefficient (Wildman–Crippen LogP) is 3.60. The van der Waals surface area contributed by atoms with Crippen LogP contribution in [-0.4, -0.2) is 36.8 Å². The molecule has 0 aliphatic heterocycles. The number of anilines is 2. The molecular weight excluding hydrogens is 441 g/mol. The van der Waals surface area contributed by atoms with Crippen molar-refractivity contribution in [2.75, 3.05) is 16.4 Å². The largest absolute Gasteiger partial charge is 0.325 e. The van der Waals surface area contributed by atoms with E-state index in [1.807, 2.05) is 0 Å². The third-order valence-electron chi connectivity index (χ3n) is 3.81. The molecule has 1 atom stereocenters. The Bertz CT molecular complexity index is 1040. The molecule has 0 aromatic heterocycles. The molecule has 0 saturated heterocycles. The fraction of sp³-hybridized carbons (Fsp3) is 0.333. The van der Waals surface area contributed by atoms with Gasteiger partial charge in [0.25, 0.3) is 0 Å². The third-order valence-corrected chi connectivity index (χ3v) is 6.71. The zero-order valence-electron chi connectivity index (χ0n) is 17.7. The van der Waals surface area contributed by atoms with E-state index < -0.39 is 26.6 Å². The Kier molecular flexibility index (Phi) is 8.21. The normalized spacial score (nSPS) is 12.8. The Labute approximate surface area is 186 Å². The van der Waals surface area contributed by atoms with E-state index in [0.29, 0.717) is 11.4 Å². The van der Waals surface area contributed by atoms with Gasteiger partial charge in [-0.3, -0.25) is 9.59 Å². The molecule has 2 rings (SSSR count). The minimum absolute atomic E-state index is 0.0237. The lowest BCUT2D eigenvalue weighted by atomic mass is 10.1. The first-order chi connectivity index (χ1) is 14.4. The minimum Gasteiger partial charge on any atom is -0.325 e. The van der Waals surface area contributed by atoms with E-state index in [-0.39, 0.29) is 22.5 Å². The zero-order chi connectivity index (χ0) is 23.2. The van der Waals surface area contributed by atoms with Crippen LogP contribution in [-0.2, 0) is 19.6 Å². The lowest BCUT2D eigenvalue weighted by Gasteiger charge is -2.20. The second-order valence-electron chi connectivity index (χ2n) is 7.88. The highest BCUT2D eigenvalue weighted by Crippen LogP contribution is 2.19. The van der Waals surface area contributed by atoms with Crippen LogP contribution in [0, 0.1) is 5.82 Å². The Morgan fingerprint density at radius 3 is 2.29 bits per heavy atom. The summed E-state index contributed by atoms with van der Waals surface area (Å²) in [5.74, 6) is -1.06. The first kappa shape index (κ1) is 24.8. The smallest absolute Gasteiger partial charge is 0.241 e. The minimum atomic E-state index is -3.73. The summed E-state index contributed by atoms with van der Waals surface area (Å²) in [4.78, 5) is 24.5. The van der Waals surface area contributed by atoms with Gasteiger partial charge >= 0.3 is 0 Å². The number of halogens is 1. The van der Waals surface area contributed by atoms with Crippen LogP contribution in [0.25, 0.3) is 0 Å². The molecular formula is C21H26FN3O4S2. The van der Waals surface area contributed by atoms with Gasteiger partial charge < -0.3 is 10.6 Å². The molecule has 168 valence electrons. The molecule has 0 fully saturated rings. The highest BCUT2D eigenvalue weighted by atomic mass is 32.2. The van der Waals surface area contributed by atoms with Gasteiger partial charge in [-0.2, -0.15) is 0 Å². The Morgan fingerprint density at radius 2 is 1.68 bits per heavy atom. The summed E-state index contributed by atoms with van der Waals surface area (Å²) in [6, 6.07) is 11.3. The molecule has 0 heterocycles. The van der Waals surface area contributed by atoms with E-state index in [0.717, 1.165) is 11.8 Å². The Balaban J connectivity index is 1.92. The van der Waals surface area contributed by atoms with E-state index in [4.69, 9.17) is 0 Å². The van der Waals surface area contributed by atoms with Crippen LogP contribution in [0.2, 0.25) is 0 Å². The van der Waals surface area contributed by atoms with E-state index in [1.165, 1.54) is 36.4 Å². The highest BCUT2D eigenvalue weighted by Gasteiger charge is 2.23. The maximum Gasteiger partial charge on any atom is 0.241 e. The fourth-order valence-corrected chi connectivity index (χ4v) is 4.60. The van der Waals surface area contributed by atoms with Gasteiger partial charge in [0.15, 0.2) is 0 Å². The number of amides is 2. The molecule has 0 radical (unpaired) electrons. The predicted molar refractivity (Wildman–Crippen MR) is 122 cm³/mol. The van der Waals surface area contributed by atoms with Crippen molar-refractivity contribution in [1.29, 1.82) is 0 Å². The first-order valence-corrected chi connectivity index (χ1v) is 12.0. The number of sulfonamides is 1. The molecule has 2 aromatic rings. The number of rotatable bonds is 8. The van der Waals surface area contributed by atoms with Gasteiger partial charge in [-0.15, -0.1) is 11.8 Å². The molecule has 0 aliphatic carbocycles. The van der Waals surface area contributed by atoms with Crippen LogP contribution in [0.3, 0.4) is 0 Å². The molecule has 10 heteroatoms. The average molecular weight is 468 g/mol. The van der Waals surface area contributed by atoms with Crippen LogP contribution >= 0.6 is 11.8 Å². The second-order valence-corrected chi connectivity index (χ2v) is 10.9. The number of hydrogen-bond donors (Lipinski definition) is 3. The molecule has 0 saturated carbocycles. The van der Waals surface area contributed by atoms with Crippen molar-refractivity contribution in [2.45, 2.75) is 43.4 Å². The van der Waals surface area contributed by atoms with Crippen molar-refractivity contribution >= 4 is 45.0 Å². The molecule has 2 aromatic carbocycles. The van der Waals surface area contributed by atoms with Crippen molar-refractivity contribution in [3.05, 3.63) is 54.3 Å². The van der Waals surface area contributed by atoms with E-state index in [2.05, 4.69) is 15.4 Å². The third kappa shape index (κ3) is 8.31. The average Bonchev–Trinajstić information content (AvgIpc) is 2.66. The number of nitrogens with one attached hydrogen (secondary N) is 3. The summed E-state index contributed by atoms with van der Waals surface area (Å²) in [6.07, 6.45) is 0. The van der Waals surface area contributed by atoms with Crippen molar-refractivity contribution in [2.24, 2.45) is 0 Å². The summed E-state index contributed by atoms with van der Waals surface area (Å²) in [5.41, 5.74) is 0.161. The van der Waals surface area contributed by atoms with Crippen LogP contribution in [0.4, 0.5) is 15.8 Å². The number of hydrogen-bond acceptors (Lipinski definition) is 5. The van der Waals surface area contributed by atoms with Gasteiger partial charge in [-0.05, 0) is 70.2 Å². The standard InChI is InChI=1S/C21H26FN3O4S2/c1-14(30-13-19(26)23-16-10-8-15(22)9-11-16)20(27)24-17-6-5-7-18(12-17)31(28,29)25-21(2,3)4/h5-12,14,25H,13H2,1-4H3,(H,23,26)(H,24,27). The molecule has 0 spiro atoms. The van der Waals surface area contributed by atoms with Crippen molar-refractivity contribution < 1.29 is 22.4 Å². The summed E-state index contributed by atoms with van der Waals surface area (Å²) in [5, 5.41) is 4.73. The highest BCUT2D eigenvalue weighted by molar-refractivity contribution is 8.01. The van der Waals surface area contributed by atoms with Crippen molar-refractivity contribution in [3.8, 4) is 0 Å². The molecule has 31 heavy (non-hydrogen) atoms. The number of carbonyl (C=O) groups excluding carboxylic acids is 2. The van der Waals surface area contributed by atoms with Crippen molar-refractivity contribution in [3.63, 3.8) is 0 Å². The lowest BCUT2D eigenvalue weighted by Crippen LogP contribution is -2.40. The van der Waals surface area contributed by atoms with Gasteiger partial charge in [0.2, 0.25) is 21.8 Å². The van der Waals surface area contributed by atoms with Crippen LogP contribution in [0.5, 0.6) is 0 Å². The molecule has 0 aliphatic rings. The number of carbonyl (C=O) groups is 2. The quantitative estimate of drug-likeness (QED) is 0.550. The van der Waals surface area contributed by atoms with Gasteiger partial charge in [0.1, 0.15) is 5.82 Å². The van der Waals surface area contributed by atoms with Gasteiger partial charge in [-0.1, -0.05) is 6.07 Å². The van der Waals surface area contributed by atoms with Gasteiger partial charge in [-0.25, -0.2) is 17.5 Å². The lowest BCUT2D eigenvalue weighted by molar-refractivity contribution is -0.115. The zero-order valence-corrected chi connectivity index (χ0v) is 19.4. The van der Waals surface area contributed by atoms with Crippen molar-refractivity contribution in [1.82, 2.24) is 4.72 Å². The van der Waals surface area contributed by atoms with Gasteiger partial charge in [0, 0.05) is 16.9 Å². The number of benzene rings is 2. The van der Waals surface area contributed by atoms with Crippen LogP contribution in [0.1, 0.15) is 27.7 Å². The summed E-state index contributed by atoms with van der Waals surface area (Å²) >= 11 is 1.12. The maximum atomic E-state index is 12.9. The molecule has 2 amide bonds. The van der Waals surface area contributed by atoms with E-state index in [9.17, 15) is 22.4 Å². The number of thioether (sulfide) groups is 1. The summed E-state index contributed by atoms with van der Waals surface area (Å²) in [7, 11) is -3.73. The summed E-state index contributed by atoms with van der Waals surface area (Å²) < 4.78 is 40.4. The first-order valence-electron chi connectivity index (χ1n) is 9.48. The van der Waals surface area contributed by atoms with E-state index >= 15 is 0 Å².